The lowest BCUT2D eigenvalue weighted by atomic mass is 9.94. The van der Waals surface area contributed by atoms with Gasteiger partial charge in [0.05, 0.1) is 37.5 Å². The maximum absolute atomic E-state index is 13.8. The summed E-state index contributed by atoms with van der Waals surface area (Å²) in [4.78, 5) is 13.5. The first kappa shape index (κ1) is 47.3. The molecule has 0 aliphatic carbocycles. The molecule has 4 unspecified atom stereocenters. The number of fused-ring (bicyclic) bond motifs is 6. The second-order valence-electron chi connectivity index (χ2n) is 19.2. The van der Waals surface area contributed by atoms with Crippen LogP contribution in [0.4, 0.5) is 4.39 Å². The number of aromatic nitrogens is 2. The van der Waals surface area contributed by atoms with E-state index in [0.717, 1.165) is 162 Å². The minimum Gasteiger partial charge on any atom is -0.390 e. The van der Waals surface area contributed by atoms with Gasteiger partial charge in [0, 0.05) is 156 Å². The van der Waals surface area contributed by atoms with Crippen molar-refractivity contribution in [3.8, 4) is 10.4 Å². The number of benzene rings is 5. The van der Waals surface area contributed by atoms with E-state index in [1.807, 2.05) is 12.1 Å². The maximum atomic E-state index is 13.8. The van der Waals surface area contributed by atoms with Crippen molar-refractivity contribution in [1.82, 2.24) is 33.6 Å². The Morgan fingerprint density at radius 2 is 1.03 bits per heavy atom. The van der Waals surface area contributed by atoms with E-state index in [1.165, 1.54) is 17.0 Å². The normalized spacial score (nSPS) is 19.3. The smallest absolute Gasteiger partial charge is 0.123 e. The number of ether oxygens (including phenoxy) is 1. The molecule has 2 N–H and O–H groups in total. The molecule has 3 saturated heterocycles. The average Bonchev–Trinajstić information content (AvgIpc) is 4.10. The lowest BCUT2D eigenvalue weighted by molar-refractivity contribution is -0.0155. The number of morpholine rings is 1. The van der Waals surface area contributed by atoms with Gasteiger partial charge in [-0.3, -0.25) is 24.5 Å². The maximum Gasteiger partial charge on any atom is 0.123 e. The summed E-state index contributed by atoms with van der Waals surface area (Å²) in [5.41, 5.74) is 6.33. The predicted octanol–water partition coefficient (Wildman–Crippen LogP) is 9.57. The molecule has 6 heterocycles. The van der Waals surface area contributed by atoms with E-state index in [1.54, 1.807) is 11.3 Å². The molecular formula is C55H60Br2FN7O3S. The Hall–Kier alpha value is -4.03. The summed E-state index contributed by atoms with van der Waals surface area (Å²) in [6, 6.07) is 38.1. The molecule has 0 saturated carbocycles. The molecule has 5 aromatic carbocycles. The van der Waals surface area contributed by atoms with E-state index in [0.29, 0.717) is 13.1 Å². The average molecular weight is 1080 g/mol. The Balaban J connectivity index is 1.00. The van der Waals surface area contributed by atoms with Crippen LogP contribution in [0.1, 0.15) is 17.6 Å². The molecule has 3 fully saturated rings. The molecule has 0 bridgehead atoms. The standard InChI is InChI=1S/C55H60Br2FN7O3S/c56-40-10-15-49-45(33-40)46-34-41(57)11-16-50(46)65(49)55(52(67)36-62-21-19-59(20-22-62)17-18-60-27-29-68-30-28-60)54(51(66)37-63-25-23-61(24-26-63)35-38-7-12-42(58)13-8-38)64-47-5-2-1-4-43(47)44-32-39(9-14-48(44)64)53-6-3-31-69-53/h1-16,31-34,51-52,54-55,66-67H,17-30,35-37H2. The zero-order chi connectivity index (χ0) is 47.0. The molecule has 0 spiro atoms. The molecule has 360 valence electrons. The third-order valence-electron chi connectivity index (χ3n) is 15.0. The Morgan fingerprint density at radius 3 is 1.61 bits per heavy atom. The first-order valence-corrected chi connectivity index (χ1v) is 27.0. The quantitative estimate of drug-likeness (QED) is 0.105. The Kier molecular flexibility index (Phi) is 14.4. The van der Waals surface area contributed by atoms with Crippen molar-refractivity contribution in [3.05, 3.63) is 141 Å². The SMILES string of the molecule is OC(CN1CCN(CCN2CCOCC2)CC1)C(C(C(O)CN1CCN(Cc2ccc(F)cc2)CC1)n1c2ccccc2c2cc(-c3cccs3)ccc21)n1c2ccc(Br)cc2c2cc(Br)ccc21. The lowest BCUT2D eigenvalue weighted by Crippen LogP contribution is -2.53. The molecule has 8 aromatic rings. The molecular weight excluding hydrogens is 1020 g/mol. The van der Waals surface area contributed by atoms with Crippen LogP contribution in [0.15, 0.2) is 130 Å². The molecule has 3 aliphatic rings. The lowest BCUT2D eigenvalue weighted by Gasteiger charge is -2.43. The van der Waals surface area contributed by atoms with Crippen molar-refractivity contribution in [2.45, 2.75) is 30.8 Å². The monoisotopic (exact) mass is 1080 g/mol. The molecule has 11 rings (SSSR count). The van der Waals surface area contributed by atoms with Crippen LogP contribution in [-0.2, 0) is 11.3 Å². The van der Waals surface area contributed by atoms with Crippen molar-refractivity contribution in [2.24, 2.45) is 0 Å². The summed E-state index contributed by atoms with van der Waals surface area (Å²) in [6.07, 6.45) is -1.76. The molecule has 4 atom stereocenters. The number of aliphatic hydroxyl groups excluding tert-OH is 2. The van der Waals surface area contributed by atoms with Gasteiger partial charge >= 0.3 is 0 Å². The molecule has 3 aliphatic heterocycles. The number of thiophene rings is 1. The molecule has 14 heteroatoms. The predicted molar refractivity (Wildman–Crippen MR) is 286 cm³/mol. The van der Waals surface area contributed by atoms with Crippen LogP contribution in [0, 0.1) is 5.82 Å². The third kappa shape index (κ3) is 10.1. The Labute approximate surface area is 424 Å². The van der Waals surface area contributed by atoms with Gasteiger partial charge in [0.1, 0.15) is 5.82 Å². The summed E-state index contributed by atoms with van der Waals surface area (Å²) in [5.74, 6) is -0.221. The van der Waals surface area contributed by atoms with Crippen LogP contribution in [0.5, 0.6) is 0 Å². The number of hydrogen-bond acceptors (Lipinski definition) is 9. The van der Waals surface area contributed by atoms with Crippen LogP contribution < -0.4 is 0 Å². The van der Waals surface area contributed by atoms with Crippen molar-refractivity contribution < 1.29 is 19.3 Å². The van der Waals surface area contributed by atoms with Gasteiger partial charge < -0.3 is 24.1 Å². The van der Waals surface area contributed by atoms with Gasteiger partial charge in [-0.1, -0.05) is 74.3 Å². The number of piperazine rings is 2. The number of halogens is 3. The highest BCUT2D eigenvalue weighted by atomic mass is 79.9. The number of hydrogen-bond donors (Lipinski definition) is 2. The fraction of sp³-hybridized carbons (Fsp3) is 0.382. The van der Waals surface area contributed by atoms with Crippen LogP contribution in [0.2, 0.25) is 0 Å². The Morgan fingerprint density at radius 1 is 0.522 bits per heavy atom. The highest BCUT2D eigenvalue weighted by molar-refractivity contribution is 9.10. The van der Waals surface area contributed by atoms with Gasteiger partial charge in [0.2, 0.25) is 0 Å². The van der Waals surface area contributed by atoms with E-state index < -0.39 is 24.3 Å². The van der Waals surface area contributed by atoms with Crippen molar-refractivity contribution in [1.29, 1.82) is 0 Å². The van der Waals surface area contributed by atoms with Crippen molar-refractivity contribution >= 4 is 86.8 Å². The summed E-state index contributed by atoms with van der Waals surface area (Å²) < 4.78 is 26.1. The van der Waals surface area contributed by atoms with Gasteiger partial charge in [0.15, 0.2) is 0 Å². The second kappa shape index (κ2) is 21.0. The molecule has 0 radical (unpaired) electrons. The number of β-amino-alcohol motifs (C(OH)–C–C–N with tert-alkyl or cyclic N) is 2. The zero-order valence-corrected chi connectivity index (χ0v) is 42.8. The minimum atomic E-state index is -0.889. The van der Waals surface area contributed by atoms with Crippen LogP contribution >= 0.6 is 43.2 Å². The highest BCUT2D eigenvalue weighted by Crippen LogP contribution is 2.45. The van der Waals surface area contributed by atoms with E-state index >= 15 is 0 Å². The fourth-order valence-electron chi connectivity index (χ4n) is 11.4. The highest BCUT2D eigenvalue weighted by Gasteiger charge is 2.41. The fourth-order valence-corrected chi connectivity index (χ4v) is 12.8. The van der Waals surface area contributed by atoms with E-state index in [2.05, 4.69) is 162 Å². The summed E-state index contributed by atoms with van der Waals surface area (Å²) in [7, 11) is 0. The number of aliphatic hydroxyl groups is 2. The molecule has 0 amide bonds. The van der Waals surface area contributed by atoms with Gasteiger partial charge in [0.25, 0.3) is 0 Å². The molecule has 69 heavy (non-hydrogen) atoms. The molecule has 10 nitrogen and oxygen atoms in total. The first-order chi connectivity index (χ1) is 33.7. The summed E-state index contributed by atoms with van der Waals surface area (Å²) in [5, 5.41) is 33.4. The van der Waals surface area contributed by atoms with Crippen molar-refractivity contribution in [3.63, 3.8) is 0 Å². The zero-order valence-electron chi connectivity index (χ0n) is 38.9. The van der Waals surface area contributed by atoms with Crippen molar-refractivity contribution in [2.75, 3.05) is 105 Å². The van der Waals surface area contributed by atoms with Crippen LogP contribution in [-0.4, -0.2) is 161 Å². The van der Waals surface area contributed by atoms with Gasteiger partial charge in [-0.15, -0.1) is 11.3 Å². The van der Waals surface area contributed by atoms with Crippen LogP contribution in [0.3, 0.4) is 0 Å². The third-order valence-corrected chi connectivity index (χ3v) is 16.9. The van der Waals surface area contributed by atoms with E-state index in [4.69, 9.17) is 4.74 Å². The van der Waals surface area contributed by atoms with Gasteiger partial charge in [-0.2, -0.15) is 0 Å². The topological polar surface area (TPSA) is 75.8 Å². The van der Waals surface area contributed by atoms with E-state index in [9.17, 15) is 14.6 Å². The van der Waals surface area contributed by atoms with Gasteiger partial charge in [-0.05, 0) is 89.3 Å². The van der Waals surface area contributed by atoms with Gasteiger partial charge in [-0.25, -0.2) is 4.39 Å². The van der Waals surface area contributed by atoms with Crippen LogP contribution in [0.25, 0.3) is 54.1 Å². The minimum absolute atomic E-state index is 0.221. The Bertz CT molecular complexity index is 2960. The van der Waals surface area contributed by atoms with E-state index in [-0.39, 0.29) is 5.82 Å². The second-order valence-corrected chi connectivity index (χ2v) is 22.0. The first-order valence-electron chi connectivity index (χ1n) is 24.5. The number of nitrogens with zero attached hydrogens (tertiary/aromatic N) is 7. The molecule has 3 aromatic heterocycles. The summed E-state index contributed by atoms with van der Waals surface area (Å²) >= 11 is 9.33. The summed E-state index contributed by atoms with van der Waals surface area (Å²) in [6.45, 7) is 14.1. The number of rotatable bonds is 15. The number of para-hydroxylation sites is 1. The largest absolute Gasteiger partial charge is 0.390 e.